The van der Waals surface area contributed by atoms with E-state index in [4.69, 9.17) is 11.6 Å². The van der Waals surface area contributed by atoms with E-state index >= 15 is 0 Å². The Morgan fingerprint density at radius 2 is 1.92 bits per heavy atom. The minimum absolute atomic E-state index is 0.0000739. The maximum Gasteiger partial charge on any atom is 0.263 e. The van der Waals surface area contributed by atoms with Gasteiger partial charge in [0.1, 0.15) is 9.88 Å². The smallest absolute Gasteiger partial charge is 0.263 e. The van der Waals surface area contributed by atoms with Crippen LogP contribution in [0.3, 0.4) is 0 Å². The van der Waals surface area contributed by atoms with E-state index in [0.29, 0.717) is 34.6 Å². The highest BCUT2D eigenvalue weighted by Gasteiger charge is 2.18. The Labute approximate surface area is 162 Å². The van der Waals surface area contributed by atoms with E-state index < -0.39 is 0 Å². The van der Waals surface area contributed by atoms with Crippen LogP contribution >= 0.6 is 22.9 Å². The molecule has 1 aliphatic carbocycles. The van der Waals surface area contributed by atoms with Crippen molar-refractivity contribution in [3.8, 4) is 10.6 Å². The molecule has 1 aliphatic rings. The summed E-state index contributed by atoms with van der Waals surface area (Å²) in [5.74, 6) is -0.186. The van der Waals surface area contributed by atoms with Gasteiger partial charge in [0.05, 0.1) is 5.69 Å². The van der Waals surface area contributed by atoms with Gasteiger partial charge < -0.3 is 10.6 Å². The summed E-state index contributed by atoms with van der Waals surface area (Å²) in [5.41, 5.74) is 1.62. The van der Waals surface area contributed by atoms with Crippen molar-refractivity contribution in [1.82, 2.24) is 15.6 Å². The first-order valence-electron chi connectivity index (χ1n) is 8.84. The van der Waals surface area contributed by atoms with E-state index in [1.165, 1.54) is 24.2 Å². The summed E-state index contributed by atoms with van der Waals surface area (Å²) in [4.78, 5) is 29.4. The first-order valence-corrected chi connectivity index (χ1v) is 10.0. The van der Waals surface area contributed by atoms with Crippen LogP contribution in [0.15, 0.2) is 24.3 Å². The quantitative estimate of drug-likeness (QED) is 0.783. The second-order valence-electron chi connectivity index (χ2n) is 6.50. The van der Waals surface area contributed by atoms with E-state index in [9.17, 15) is 9.59 Å². The number of hydrogen-bond acceptors (Lipinski definition) is 4. The summed E-state index contributed by atoms with van der Waals surface area (Å²) in [6, 6.07) is 7.68. The fraction of sp³-hybridized carbons (Fsp3) is 0.421. The Hall–Kier alpha value is -1.92. The first-order chi connectivity index (χ1) is 12.5. The van der Waals surface area contributed by atoms with E-state index in [0.717, 1.165) is 23.4 Å². The lowest BCUT2D eigenvalue weighted by Gasteiger charge is -2.11. The van der Waals surface area contributed by atoms with Crippen LogP contribution in [-0.2, 0) is 4.79 Å². The Morgan fingerprint density at radius 1 is 1.23 bits per heavy atom. The van der Waals surface area contributed by atoms with Crippen LogP contribution in [0.1, 0.15) is 47.5 Å². The number of rotatable bonds is 6. The summed E-state index contributed by atoms with van der Waals surface area (Å²) >= 11 is 7.25. The molecule has 7 heteroatoms. The van der Waals surface area contributed by atoms with Crippen LogP contribution in [0.5, 0.6) is 0 Å². The third-order valence-corrected chi connectivity index (χ3v) is 5.91. The molecule has 1 aromatic carbocycles. The van der Waals surface area contributed by atoms with Crippen molar-refractivity contribution >= 4 is 34.8 Å². The average molecular weight is 392 g/mol. The Bertz CT molecular complexity index is 783. The molecule has 0 unspecified atom stereocenters. The molecule has 0 bridgehead atoms. The summed E-state index contributed by atoms with van der Waals surface area (Å²) in [5, 5.41) is 7.29. The van der Waals surface area contributed by atoms with Gasteiger partial charge in [-0.2, -0.15) is 0 Å². The van der Waals surface area contributed by atoms with Gasteiger partial charge in [-0.05, 0) is 31.9 Å². The first kappa shape index (κ1) is 18.9. The van der Waals surface area contributed by atoms with Crippen LogP contribution in [0.4, 0.5) is 0 Å². The number of amides is 2. The van der Waals surface area contributed by atoms with Crippen molar-refractivity contribution in [2.75, 3.05) is 6.54 Å². The maximum atomic E-state index is 12.4. The number of aryl methyl sites for hydroxylation is 1. The molecule has 26 heavy (non-hydrogen) atoms. The minimum atomic E-state index is -0.186. The average Bonchev–Trinajstić information content (AvgIpc) is 3.25. The number of halogens is 1. The molecule has 1 heterocycles. The van der Waals surface area contributed by atoms with E-state index in [1.54, 1.807) is 12.1 Å². The number of aromatic nitrogens is 1. The molecule has 0 spiro atoms. The number of nitrogens with one attached hydrogen (secondary N) is 2. The van der Waals surface area contributed by atoms with Gasteiger partial charge in [0.2, 0.25) is 5.91 Å². The normalized spacial score (nSPS) is 14.4. The molecular weight excluding hydrogens is 370 g/mol. The number of benzene rings is 1. The van der Waals surface area contributed by atoms with Crippen LogP contribution in [0, 0.1) is 6.92 Å². The maximum absolute atomic E-state index is 12.4. The van der Waals surface area contributed by atoms with Gasteiger partial charge in [-0.1, -0.05) is 36.6 Å². The Kier molecular flexibility index (Phi) is 6.27. The highest BCUT2D eigenvalue weighted by molar-refractivity contribution is 7.17. The molecule has 2 amide bonds. The van der Waals surface area contributed by atoms with Crippen molar-refractivity contribution in [3.05, 3.63) is 39.9 Å². The van der Waals surface area contributed by atoms with Crippen molar-refractivity contribution in [2.45, 2.75) is 45.1 Å². The third kappa shape index (κ3) is 4.83. The molecule has 1 saturated carbocycles. The third-order valence-electron chi connectivity index (χ3n) is 4.45. The lowest BCUT2D eigenvalue weighted by Crippen LogP contribution is -2.35. The van der Waals surface area contributed by atoms with Crippen LogP contribution in [0.2, 0.25) is 5.02 Å². The summed E-state index contributed by atoms with van der Waals surface area (Å²) < 4.78 is 0. The zero-order valence-corrected chi connectivity index (χ0v) is 16.3. The summed E-state index contributed by atoms with van der Waals surface area (Å²) in [7, 11) is 0. The van der Waals surface area contributed by atoms with Crippen LogP contribution in [0.25, 0.3) is 10.6 Å². The molecule has 3 rings (SSSR count). The Balaban J connectivity index is 1.53. The lowest BCUT2D eigenvalue weighted by atomic mass is 10.2. The van der Waals surface area contributed by atoms with Gasteiger partial charge in [-0.25, -0.2) is 4.98 Å². The highest BCUT2D eigenvalue weighted by atomic mass is 35.5. The monoisotopic (exact) mass is 391 g/mol. The van der Waals surface area contributed by atoms with Gasteiger partial charge >= 0.3 is 0 Å². The SMILES string of the molecule is Cc1nc(-c2ccc(Cl)cc2)sc1C(=O)NCCC(=O)NC1CCCC1. The molecule has 0 radical (unpaired) electrons. The second-order valence-corrected chi connectivity index (χ2v) is 7.93. The number of carbonyl (C=O) groups excluding carboxylic acids is 2. The molecule has 0 saturated heterocycles. The second kappa shape index (κ2) is 8.64. The molecule has 1 fully saturated rings. The zero-order valence-electron chi connectivity index (χ0n) is 14.7. The van der Waals surface area contributed by atoms with Crippen LogP contribution < -0.4 is 10.6 Å². The van der Waals surface area contributed by atoms with E-state index in [-0.39, 0.29) is 11.8 Å². The summed E-state index contributed by atoms with van der Waals surface area (Å²) in [6.45, 7) is 2.14. The minimum Gasteiger partial charge on any atom is -0.353 e. The molecule has 1 aromatic heterocycles. The molecular formula is C19H22ClN3O2S. The fourth-order valence-corrected chi connectivity index (χ4v) is 4.18. The molecule has 0 atom stereocenters. The van der Waals surface area contributed by atoms with Gasteiger partial charge in [0, 0.05) is 29.6 Å². The number of nitrogens with zero attached hydrogens (tertiary/aromatic N) is 1. The van der Waals surface area contributed by atoms with E-state index in [1.807, 2.05) is 19.1 Å². The highest BCUT2D eigenvalue weighted by Crippen LogP contribution is 2.28. The molecule has 2 aromatic rings. The fourth-order valence-electron chi connectivity index (χ4n) is 3.06. The summed E-state index contributed by atoms with van der Waals surface area (Å²) in [6.07, 6.45) is 4.78. The number of carbonyl (C=O) groups is 2. The molecule has 2 N–H and O–H groups in total. The number of thiazole rings is 1. The zero-order chi connectivity index (χ0) is 18.5. The molecule has 138 valence electrons. The van der Waals surface area contributed by atoms with Gasteiger partial charge in [-0.3, -0.25) is 9.59 Å². The predicted octanol–water partition coefficient (Wildman–Crippen LogP) is 3.95. The van der Waals surface area contributed by atoms with Crippen LogP contribution in [-0.4, -0.2) is 29.4 Å². The predicted molar refractivity (Wildman–Crippen MR) is 105 cm³/mol. The van der Waals surface area contributed by atoms with Crippen molar-refractivity contribution in [3.63, 3.8) is 0 Å². The van der Waals surface area contributed by atoms with Gasteiger partial charge in [0.25, 0.3) is 5.91 Å². The van der Waals surface area contributed by atoms with Gasteiger partial charge in [0.15, 0.2) is 0 Å². The van der Waals surface area contributed by atoms with Gasteiger partial charge in [-0.15, -0.1) is 11.3 Å². The standard InChI is InChI=1S/C19H22ClN3O2S/c1-12-17(26-19(22-12)13-6-8-14(20)9-7-13)18(25)21-11-10-16(24)23-15-4-2-3-5-15/h6-9,15H,2-5,10-11H2,1H3,(H,21,25)(H,23,24). The van der Waals surface area contributed by atoms with E-state index in [2.05, 4.69) is 15.6 Å². The molecule has 0 aliphatic heterocycles. The number of hydrogen-bond donors (Lipinski definition) is 2. The lowest BCUT2D eigenvalue weighted by molar-refractivity contribution is -0.121. The van der Waals surface area contributed by atoms with Crippen molar-refractivity contribution < 1.29 is 9.59 Å². The van der Waals surface area contributed by atoms with Crippen molar-refractivity contribution in [2.24, 2.45) is 0 Å². The Morgan fingerprint density at radius 3 is 2.62 bits per heavy atom. The molecule has 5 nitrogen and oxygen atoms in total. The largest absolute Gasteiger partial charge is 0.353 e. The topological polar surface area (TPSA) is 71.1 Å². The van der Waals surface area contributed by atoms with Crippen molar-refractivity contribution in [1.29, 1.82) is 0 Å².